The number of nitrogens with zero attached hydrogens (tertiary/aromatic N) is 2. The molecule has 0 aromatic heterocycles. The van der Waals surface area contributed by atoms with Gasteiger partial charge in [-0.3, -0.25) is 4.79 Å². The van der Waals surface area contributed by atoms with E-state index < -0.39 is 11.9 Å². The van der Waals surface area contributed by atoms with Gasteiger partial charge in [-0.05, 0) is 30.7 Å². The Labute approximate surface area is 203 Å². The first-order valence-corrected chi connectivity index (χ1v) is 11.3. The van der Waals surface area contributed by atoms with Crippen LogP contribution in [-0.2, 0) is 22.7 Å². The van der Waals surface area contributed by atoms with Crippen molar-refractivity contribution in [2.24, 2.45) is 0 Å². The van der Waals surface area contributed by atoms with Crippen LogP contribution in [0, 0.1) is 17.1 Å². The summed E-state index contributed by atoms with van der Waals surface area (Å²) in [4.78, 5) is 24.5. The van der Waals surface area contributed by atoms with E-state index in [2.05, 4.69) is 5.32 Å². The van der Waals surface area contributed by atoms with Crippen molar-refractivity contribution in [3.8, 4) is 17.6 Å². The summed E-state index contributed by atoms with van der Waals surface area (Å²) >= 11 is 0. The number of amides is 2. The van der Waals surface area contributed by atoms with Gasteiger partial charge in [0.15, 0.2) is 11.6 Å². The molecule has 0 spiro atoms. The Hall–Kier alpha value is -3.84. The zero-order chi connectivity index (χ0) is 25.2. The Balaban J connectivity index is 1.55. The van der Waals surface area contributed by atoms with Crippen LogP contribution >= 0.6 is 0 Å². The molecule has 1 aliphatic heterocycles. The lowest BCUT2D eigenvalue weighted by Crippen LogP contribution is -2.41. The van der Waals surface area contributed by atoms with E-state index in [-0.39, 0.29) is 43.1 Å². The molecule has 186 valence electrons. The first-order chi connectivity index (χ1) is 16.9. The van der Waals surface area contributed by atoms with Crippen molar-refractivity contribution in [2.45, 2.75) is 39.0 Å². The van der Waals surface area contributed by atoms with E-state index in [4.69, 9.17) is 24.6 Å². The number of ether oxygens (including phenoxy) is 3. The third-order valence-corrected chi connectivity index (χ3v) is 5.47. The molecule has 0 unspecified atom stereocenters. The minimum Gasteiger partial charge on any atom is -0.494 e. The van der Waals surface area contributed by atoms with Crippen molar-refractivity contribution in [3.05, 3.63) is 58.9 Å². The van der Waals surface area contributed by atoms with Crippen LogP contribution < -0.4 is 14.8 Å². The summed E-state index contributed by atoms with van der Waals surface area (Å²) in [6.07, 6.45) is -0.391. The summed E-state index contributed by atoms with van der Waals surface area (Å²) in [5.41, 5.74) is 1.56. The average Bonchev–Trinajstić information content (AvgIpc) is 2.86. The van der Waals surface area contributed by atoms with E-state index in [0.717, 1.165) is 5.56 Å². The molecule has 1 heterocycles. The summed E-state index contributed by atoms with van der Waals surface area (Å²) in [5, 5.41) is 20.6. The number of benzene rings is 2. The first-order valence-electron chi connectivity index (χ1n) is 11.3. The predicted octanol–water partition coefficient (Wildman–Crippen LogP) is 3.45. The van der Waals surface area contributed by atoms with Crippen molar-refractivity contribution >= 4 is 12.0 Å². The molecule has 1 aliphatic rings. The van der Waals surface area contributed by atoms with Crippen LogP contribution in [0.4, 0.5) is 9.18 Å². The van der Waals surface area contributed by atoms with E-state index in [1.54, 1.807) is 31.2 Å². The van der Waals surface area contributed by atoms with Gasteiger partial charge in [0.2, 0.25) is 5.91 Å². The molecule has 0 radical (unpaired) electrons. The van der Waals surface area contributed by atoms with Gasteiger partial charge in [-0.25, -0.2) is 9.18 Å². The second-order valence-corrected chi connectivity index (χ2v) is 7.99. The Bertz CT molecular complexity index is 1060. The Morgan fingerprint density at radius 3 is 2.57 bits per heavy atom. The van der Waals surface area contributed by atoms with Crippen LogP contribution in [0.5, 0.6) is 11.5 Å². The number of nitrogens with one attached hydrogen (secondary N) is 1. The molecule has 9 nitrogen and oxygen atoms in total. The van der Waals surface area contributed by atoms with E-state index in [9.17, 15) is 9.59 Å². The van der Waals surface area contributed by atoms with Crippen LogP contribution in [0.2, 0.25) is 0 Å². The highest BCUT2D eigenvalue weighted by Gasteiger charge is 2.25. The third kappa shape index (κ3) is 7.58. The summed E-state index contributed by atoms with van der Waals surface area (Å²) < 4.78 is 31.9. The monoisotopic (exact) mass is 485 g/mol. The first kappa shape index (κ1) is 25.8. The summed E-state index contributed by atoms with van der Waals surface area (Å²) in [5.74, 6) is -0.547. The standard InChI is InChI=1S/C25H28FN3O6/c1-2-34-21-11-19(15-33-16-23(30)28-14-18-5-3-17(13-27)4-6-18)24(26)22(12-21)35-20-7-9-29(10-8-20)25(31)32/h3-6,11-12,20H,2,7-10,14-16H2,1H3,(H,28,30)(H,31,32). The number of rotatable bonds is 10. The van der Waals surface area contributed by atoms with Gasteiger partial charge in [0, 0.05) is 44.1 Å². The molecular weight excluding hydrogens is 457 g/mol. The van der Waals surface area contributed by atoms with Gasteiger partial charge in [-0.1, -0.05) is 12.1 Å². The third-order valence-electron chi connectivity index (χ3n) is 5.47. The van der Waals surface area contributed by atoms with Crippen LogP contribution in [0.15, 0.2) is 36.4 Å². The van der Waals surface area contributed by atoms with Crippen molar-refractivity contribution in [3.63, 3.8) is 0 Å². The lowest BCUT2D eigenvalue weighted by Gasteiger charge is -2.30. The SMILES string of the molecule is CCOc1cc(COCC(=O)NCc2ccc(C#N)cc2)c(F)c(OC2CCN(C(=O)O)CC2)c1. The maximum absolute atomic E-state index is 15.1. The quantitative estimate of drug-likeness (QED) is 0.529. The number of hydrogen-bond donors (Lipinski definition) is 2. The fourth-order valence-corrected chi connectivity index (χ4v) is 3.62. The van der Waals surface area contributed by atoms with E-state index >= 15 is 4.39 Å². The average molecular weight is 486 g/mol. The maximum atomic E-state index is 15.1. The lowest BCUT2D eigenvalue weighted by atomic mass is 10.1. The fourth-order valence-electron chi connectivity index (χ4n) is 3.62. The van der Waals surface area contributed by atoms with Gasteiger partial charge in [-0.15, -0.1) is 0 Å². The molecule has 0 aliphatic carbocycles. The minimum absolute atomic E-state index is 0.00796. The molecule has 0 atom stereocenters. The summed E-state index contributed by atoms with van der Waals surface area (Å²) in [6.45, 7) is 2.67. The molecular formula is C25H28FN3O6. The van der Waals surface area contributed by atoms with Crippen LogP contribution in [0.25, 0.3) is 0 Å². The lowest BCUT2D eigenvalue weighted by molar-refractivity contribution is -0.126. The largest absolute Gasteiger partial charge is 0.494 e. The Morgan fingerprint density at radius 1 is 1.23 bits per heavy atom. The summed E-state index contributed by atoms with van der Waals surface area (Å²) in [6, 6.07) is 11.8. The van der Waals surface area contributed by atoms with Gasteiger partial charge in [-0.2, -0.15) is 5.26 Å². The number of carbonyl (C=O) groups excluding carboxylic acids is 1. The topological polar surface area (TPSA) is 121 Å². The zero-order valence-electron chi connectivity index (χ0n) is 19.5. The number of carbonyl (C=O) groups is 2. The normalized spacial score (nSPS) is 13.7. The van der Waals surface area contributed by atoms with Crippen molar-refractivity contribution < 1.29 is 33.3 Å². The van der Waals surface area contributed by atoms with Gasteiger partial charge < -0.3 is 29.5 Å². The minimum atomic E-state index is -0.978. The molecule has 2 amide bonds. The number of hydrogen-bond acceptors (Lipinski definition) is 6. The van der Waals surface area contributed by atoms with Crippen molar-refractivity contribution in [2.75, 3.05) is 26.3 Å². The molecule has 2 aromatic carbocycles. The second kappa shape index (κ2) is 12.6. The van der Waals surface area contributed by atoms with Crippen molar-refractivity contribution in [1.29, 1.82) is 5.26 Å². The predicted molar refractivity (Wildman–Crippen MR) is 123 cm³/mol. The highest BCUT2D eigenvalue weighted by molar-refractivity contribution is 5.77. The second-order valence-electron chi connectivity index (χ2n) is 7.99. The molecule has 1 fully saturated rings. The molecule has 1 saturated heterocycles. The maximum Gasteiger partial charge on any atom is 0.407 e. The molecule has 0 bridgehead atoms. The van der Waals surface area contributed by atoms with Gasteiger partial charge >= 0.3 is 6.09 Å². The number of halogens is 1. The molecule has 10 heteroatoms. The molecule has 35 heavy (non-hydrogen) atoms. The van der Waals surface area contributed by atoms with Gasteiger partial charge in [0.1, 0.15) is 18.5 Å². The summed E-state index contributed by atoms with van der Waals surface area (Å²) in [7, 11) is 0. The van der Waals surface area contributed by atoms with Gasteiger partial charge in [0.05, 0.1) is 24.8 Å². The smallest absolute Gasteiger partial charge is 0.407 e. The Kier molecular flexibility index (Phi) is 9.26. The molecule has 0 saturated carbocycles. The van der Waals surface area contributed by atoms with Crippen LogP contribution in [0.3, 0.4) is 0 Å². The van der Waals surface area contributed by atoms with E-state index in [1.807, 2.05) is 6.07 Å². The zero-order valence-corrected chi connectivity index (χ0v) is 19.5. The van der Waals surface area contributed by atoms with E-state index in [1.165, 1.54) is 17.0 Å². The van der Waals surface area contributed by atoms with Gasteiger partial charge in [0.25, 0.3) is 0 Å². The number of carboxylic acid groups (broad SMARTS) is 1. The number of piperidine rings is 1. The van der Waals surface area contributed by atoms with Crippen LogP contribution in [-0.4, -0.2) is 54.4 Å². The molecule has 2 aromatic rings. The number of likely N-dealkylation sites (tertiary alicyclic amines) is 1. The van der Waals surface area contributed by atoms with E-state index in [0.29, 0.717) is 43.9 Å². The Morgan fingerprint density at radius 2 is 1.94 bits per heavy atom. The molecule has 3 rings (SSSR count). The van der Waals surface area contributed by atoms with Crippen molar-refractivity contribution in [1.82, 2.24) is 10.2 Å². The highest BCUT2D eigenvalue weighted by atomic mass is 19.1. The molecule has 2 N–H and O–H groups in total. The fraction of sp³-hybridized carbons (Fsp3) is 0.400. The highest BCUT2D eigenvalue weighted by Crippen LogP contribution is 2.30. The van der Waals surface area contributed by atoms with Crippen LogP contribution in [0.1, 0.15) is 36.5 Å². The number of nitriles is 1.